The molecule has 0 saturated carbocycles. The average molecular weight is 349 g/mol. The van der Waals surface area contributed by atoms with E-state index in [-0.39, 0.29) is 24.3 Å². The molecule has 0 bridgehead atoms. The van der Waals surface area contributed by atoms with E-state index < -0.39 is 12.1 Å². The molecule has 1 saturated heterocycles. The van der Waals surface area contributed by atoms with Crippen molar-refractivity contribution in [2.45, 2.75) is 77.4 Å². The first-order valence-electron chi connectivity index (χ1n) is 9.23. The number of likely N-dealkylation sites (tertiary alicyclic amines) is 1. The van der Waals surface area contributed by atoms with E-state index in [1.165, 1.54) is 0 Å². The average Bonchev–Trinajstić information content (AvgIpc) is 2.93. The van der Waals surface area contributed by atoms with E-state index >= 15 is 0 Å². The smallest absolute Gasteiger partial charge is 0.303 e. The van der Waals surface area contributed by atoms with Crippen molar-refractivity contribution < 1.29 is 19.8 Å². The highest BCUT2D eigenvalue weighted by Crippen LogP contribution is 2.21. The lowest BCUT2D eigenvalue weighted by atomic mass is 10.00. The highest BCUT2D eigenvalue weighted by atomic mass is 16.4. The Balaban J connectivity index is 2.39. The molecule has 3 atom stereocenters. The monoisotopic (exact) mass is 349 g/mol. The molecule has 0 aromatic heterocycles. The molecule has 25 heavy (non-hydrogen) atoms. The van der Waals surface area contributed by atoms with E-state index in [4.69, 9.17) is 5.11 Å². The molecule has 5 heteroatoms. The second-order valence-corrected chi connectivity index (χ2v) is 6.73. The minimum Gasteiger partial charge on any atom is -0.481 e. The summed E-state index contributed by atoms with van der Waals surface area (Å²) in [7, 11) is 0. The van der Waals surface area contributed by atoms with Gasteiger partial charge in [0.2, 0.25) is 5.91 Å². The van der Waals surface area contributed by atoms with Crippen LogP contribution in [0.3, 0.4) is 0 Å². The van der Waals surface area contributed by atoms with Gasteiger partial charge in [0.1, 0.15) is 0 Å². The molecule has 1 fully saturated rings. The van der Waals surface area contributed by atoms with Gasteiger partial charge in [-0.2, -0.15) is 0 Å². The Hall–Kier alpha value is -1.80. The molecule has 1 heterocycles. The van der Waals surface area contributed by atoms with Crippen LogP contribution in [0.5, 0.6) is 0 Å². The van der Waals surface area contributed by atoms with Gasteiger partial charge in [-0.05, 0) is 32.1 Å². The largest absolute Gasteiger partial charge is 0.481 e. The highest BCUT2D eigenvalue weighted by Gasteiger charge is 2.28. The standard InChI is InChI=1S/C20H31NO4/c1-3-4-9-16(2)18(22)13-11-17-12-14-19(23)21(17)15-8-6-5-7-10-20(24)25/h11,13,16-18,22H,5-10,12,14-15H2,1-2H3,(H,24,25)/b13-11+/t16-,17+,18-/m1/s1. The molecule has 0 spiro atoms. The maximum Gasteiger partial charge on any atom is 0.303 e. The number of carbonyl (C=O) groups is 2. The molecule has 1 aliphatic rings. The molecule has 5 nitrogen and oxygen atoms in total. The second kappa shape index (κ2) is 11.7. The van der Waals surface area contributed by atoms with Gasteiger partial charge in [0.25, 0.3) is 0 Å². The molecule has 0 aliphatic carbocycles. The number of carboxylic acid groups (broad SMARTS) is 1. The van der Waals surface area contributed by atoms with Crippen LogP contribution in [0.4, 0.5) is 0 Å². The van der Waals surface area contributed by atoms with E-state index in [2.05, 4.69) is 11.8 Å². The molecule has 1 amide bonds. The number of aliphatic hydroxyl groups excluding tert-OH is 1. The number of nitrogens with zero attached hydrogens (tertiary/aromatic N) is 1. The number of hydrogen-bond acceptors (Lipinski definition) is 3. The number of rotatable bonds is 11. The van der Waals surface area contributed by atoms with Crippen LogP contribution in [-0.2, 0) is 9.59 Å². The van der Waals surface area contributed by atoms with Crippen LogP contribution >= 0.6 is 0 Å². The number of hydrogen-bond donors (Lipinski definition) is 2. The van der Waals surface area contributed by atoms with Crippen LogP contribution < -0.4 is 0 Å². The predicted octanol–water partition coefficient (Wildman–Crippen LogP) is 2.98. The van der Waals surface area contributed by atoms with E-state index in [0.717, 1.165) is 25.7 Å². The Morgan fingerprint density at radius 1 is 1.36 bits per heavy atom. The predicted molar refractivity (Wildman–Crippen MR) is 97.8 cm³/mol. The quantitative estimate of drug-likeness (QED) is 0.341. The lowest BCUT2D eigenvalue weighted by molar-refractivity contribution is -0.137. The molecule has 1 rings (SSSR count). The second-order valence-electron chi connectivity index (χ2n) is 6.73. The van der Waals surface area contributed by atoms with Gasteiger partial charge in [0, 0.05) is 25.8 Å². The molecular formula is C20H31NO4. The normalized spacial score (nSPS) is 19.7. The summed E-state index contributed by atoms with van der Waals surface area (Å²) in [6, 6.07) is 0.0608. The van der Waals surface area contributed by atoms with E-state index in [1.54, 1.807) is 13.0 Å². The fraction of sp³-hybridized carbons (Fsp3) is 0.700. The molecule has 0 aromatic carbocycles. The third-order valence-corrected chi connectivity index (χ3v) is 4.63. The van der Waals surface area contributed by atoms with Crippen molar-refractivity contribution in [3.63, 3.8) is 0 Å². The highest BCUT2D eigenvalue weighted by molar-refractivity contribution is 5.79. The molecule has 1 aliphatic heterocycles. The fourth-order valence-electron chi connectivity index (χ4n) is 2.97. The van der Waals surface area contributed by atoms with Crippen LogP contribution in [-0.4, -0.2) is 45.7 Å². The molecule has 0 radical (unpaired) electrons. The van der Waals surface area contributed by atoms with E-state index in [1.807, 2.05) is 17.9 Å². The van der Waals surface area contributed by atoms with Crippen molar-refractivity contribution in [2.75, 3.05) is 6.54 Å². The van der Waals surface area contributed by atoms with Gasteiger partial charge in [-0.25, -0.2) is 0 Å². The van der Waals surface area contributed by atoms with Gasteiger partial charge in [-0.15, -0.1) is 11.8 Å². The topological polar surface area (TPSA) is 77.8 Å². The number of aliphatic hydroxyl groups is 1. The Kier molecular flexibility index (Phi) is 9.94. The van der Waals surface area contributed by atoms with Crippen molar-refractivity contribution in [3.8, 4) is 11.8 Å². The Morgan fingerprint density at radius 3 is 2.76 bits per heavy atom. The van der Waals surface area contributed by atoms with Crippen LogP contribution in [0.2, 0.25) is 0 Å². The first-order valence-corrected chi connectivity index (χ1v) is 9.23. The van der Waals surface area contributed by atoms with Gasteiger partial charge >= 0.3 is 5.97 Å². The van der Waals surface area contributed by atoms with Gasteiger partial charge in [0.15, 0.2) is 0 Å². The third-order valence-electron chi connectivity index (χ3n) is 4.63. The first kappa shape index (κ1) is 21.2. The number of aliphatic carboxylic acids is 1. The first-order chi connectivity index (χ1) is 12.0. The summed E-state index contributed by atoms with van der Waals surface area (Å²) in [6.07, 6.45) is 8.82. The van der Waals surface area contributed by atoms with E-state index in [9.17, 15) is 14.7 Å². The molecule has 140 valence electrons. The van der Waals surface area contributed by atoms with Crippen molar-refractivity contribution in [1.82, 2.24) is 4.90 Å². The SMILES string of the molecule is CC#CC[C@@H](C)[C@H](O)/C=C/[C@H]1CCC(=O)N1CCCCCCC(=O)O. The van der Waals surface area contributed by atoms with Crippen molar-refractivity contribution in [1.29, 1.82) is 0 Å². The van der Waals surface area contributed by atoms with Crippen molar-refractivity contribution in [2.24, 2.45) is 5.92 Å². The zero-order valence-electron chi connectivity index (χ0n) is 15.4. The summed E-state index contributed by atoms with van der Waals surface area (Å²) >= 11 is 0. The van der Waals surface area contributed by atoms with Gasteiger partial charge in [0.05, 0.1) is 12.1 Å². The summed E-state index contributed by atoms with van der Waals surface area (Å²) in [4.78, 5) is 24.4. The van der Waals surface area contributed by atoms with Crippen LogP contribution in [0, 0.1) is 17.8 Å². The van der Waals surface area contributed by atoms with Crippen LogP contribution in [0.25, 0.3) is 0 Å². The summed E-state index contributed by atoms with van der Waals surface area (Å²) in [5.74, 6) is 5.30. The van der Waals surface area contributed by atoms with E-state index in [0.29, 0.717) is 25.8 Å². The lowest BCUT2D eigenvalue weighted by Gasteiger charge is -2.23. The minimum atomic E-state index is -0.752. The summed E-state index contributed by atoms with van der Waals surface area (Å²) in [5, 5.41) is 18.8. The Morgan fingerprint density at radius 2 is 2.08 bits per heavy atom. The Labute approximate surface area is 151 Å². The number of carbonyl (C=O) groups excluding carboxylic acids is 1. The zero-order chi connectivity index (χ0) is 18.7. The van der Waals surface area contributed by atoms with Gasteiger partial charge < -0.3 is 15.1 Å². The van der Waals surface area contributed by atoms with Gasteiger partial charge in [-0.3, -0.25) is 9.59 Å². The zero-order valence-corrected chi connectivity index (χ0v) is 15.4. The lowest BCUT2D eigenvalue weighted by Crippen LogP contribution is -2.33. The van der Waals surface area contributed by atoms with Gasteiger partial charge in [-0.1, -0.05) is 31.9 Å². The molecule has 2 N–H and O–H groups in total. The maximum absolute atomic E-state index is 12.0. The fourth-order valence-corrected chi connectivity index (χ4v) is 2.97. The number of carboxylic acids is 1. The van der Waals surface area contributed by atoms with Crippen LogP contribution in [0.1, 0.15) is 65.2 Å². The molecular weight excluding hydrogens is 318 g/mol. The third kappa shape index (κ3) is 8.22. The summed E-state index contributed by atoms with van der Waals surface area (Å²) in [5.41, 5.74) is 0. The van der Waals surface area contributed by atoms with Crippen molar-refractivity contribution in [3.05, 3.63) is 12.2 Å². The molecule has 0 unspecified atom stereocenters. The Bertz CT molecular complexity index is 518. The minimum absolute atomic E-state index is 0.0608. The molecule has 0 aromatic rings. The maximum atomic E-state index is 12.0. The number of unbranched alkanes of at least 4 members (excludes halogenated alkanes) is 3. The number of amides is 1. The van der Waals surface area contributed by atoms with Crippen LogP contribution in [0.15, 0.2) is 12.2 Å². The summed E-state index contributed by atoms with van der Waals surface area (Å²) < 4.78 is 0. The van der Waals surface area contributed by atoms with Crippen molar-refractivity contribution >= 4 is 11.9 Å². The summed E-state index contributed by atoms with van der Waals surface area (Å²) in [6.45, 7) is 4.46.